The van der Waals surface area contributed by atoms with E-state index in [2.05, 4.69) is 6.07 Å². The lowest BCUT2D eigenvalue weighted by Crippen LogP contribution is -1.94. The van der Waals surface area contributed by atoms with E-state index in [1.165, 1.54) is 12.1 Å². The molecule has 96 valence electrons. The van der Waals surface area contributed by atoms with Crippen LogP contribution < -0.4 is 0 Å². The van der Waals surface area contributed by atoms with Crippen molar-refractivity contribution in [1.82, 2.24) is 4.57 Å². The molecule has 0 spiro atoms. The summed E-state index contributed by atoms with van der Waals surface area (Å²) in [7, 11) is 0. The fraction of sp³-hybridized carbons (Fsp3) is 0.214. The summed E-state index contributed by atoms with van der Waals surface area (Å²) in [4.78, 5) is 10.4. The van der Waals surface area contributed by atoms with E-state index in [1.54, 1.807) is 12.3 Å². The molecule has 0 saturated carbocycles. The lowest BCUT2D eigenvalue weighted by Gasteiger charge is -2.01. The quantitative estimate of drug-likeness (QED) is 0.479. The first kappa shape index (κ1) is 12.8. The molecule has 5 heteroatoms. The van der Waals surface area contributed by atoms with Crippen LogP contribution in [0, 0.1) is 21.4 Å². The maximum atomic E-state index is 10.8. The number of hydrogen-bond donors (Lipinski definition) is 0. The molecule has 1 aromatic carbocycles. The number of benzene rings is 1. The van der Waals surface area contributed by atoms with Gasteiger partial charge in [-0.1, -0.05) is 11.6 Å². The summed E-state index contributed by atoms with van der Waals surface area (Å²) in [6.07, 6.45) is 3.74. The van der Waals surface area contributed by atoms with Crippen LogP contribution in [0.25, 0.3) is 10.9 Å². The molecular formula is C14H13N3O2. The van der Waals surface area contributed by atoms with Gasteiger partial charge in [-0.3, -0.25) is 10.1 Å². The standard InChI is InChI=1S/C14H13N3O2/c1-10(2)5-6-16-9-11(8-15)13-4-3-12(17(18)19)7-14(13)16/h3-5,7,9H,6H2,1-2H3. The second-order valence-electron chi connectivity index (χ2n) is 4.55. The minimum absolute atomic E-state index is 0.0357. The van der Waals surface area contributed by atoms with Crippen molar-refractivity contribution in [3.8, 4) is 6.07 Å². The van der Waals surface area contributed by atoms with E-state index in [4.69, 9.17) is 5.26 Å². The van der Waals surface area contributed by atoms with Crippen LogP contribution in [-0.4, -0.2) is 9.49 Å². The average molecular weight is 255 g/mol. The number of non-ortho nitro benzene ring substituents is 1. The molecule has 0 aliphatic heterocycles. The van der Waals surface area contributed by atoms with Crippen molar-refractivity contribution in [2.45, 2.75) is 20.4 Å². The molecule has 2 rings (SSSR count). The smallest absolute Gasteiger partial charge is 0.271 e. The molecule has 0 fully saturated rings. The third-order valence-electron chi connectivity index (χ3n) is 2.89. The van der Waals surface area contributed by atoms with Crippen LogP contribution in [0.5, 0.6) is 0 Å². The summed E-state index contributed by atoms with van der Waals surface area (Å²) in [5.74, 6) is 0. The normalized spacial score (nSPS) is 10.2. The second kappa shape index (κ2) is 4.94. The third kappa shape index (κ3) is 2.47. The Morgan fingerprint density at radius 1 is 1.53 bits per heavy atom. The zero-order valence-corrected chi connectivity index (χ0v) is 10.8. The van der Waals surface area contributed by atoms with Crippen LogP contribution in [0.2, 0.25) is 0 Å². The lowest BCUT2D eigenvalue weighted by molar-refractivity contribution is -0.384. The van der Waals surface area contributed by atoms with Gasteiger partial charge in [0.2, 0.25) is 0 Å². The Morgan fingerprint density at radius 2 is 2.26 bits per heavy atom. The summed E-state index contributed by atoms with van der Waals surface area (Å²) >= 11 is 0. The van der Waals surface area contributed by atoms with Gasteiger partial charge in [0.25, 0.3) is 5.69 Å². The Hall–Kier alpha value is -2.61. The fourth-order valence-electron chi connectivity index (χ4n) is 1.91. The van der Waals surface area contributed by atoms with Crippen molar-refractivity contribution in [1.29, 1.82) is 5.26 Å². The van der Waals surface area contributed by atoms with E-state index >= 15 is 0 Å². The summed E-state index contributed by atoms with van der Waals surface area (Å²) < 4.78 is 1.86. The molecule has 1 heterocycles. The van der Waals surface area contributed by atoms with Gasteiger partial charge >= 0.3 is 0 Å². The molecule has 5 nitrogen and oxygen atoms in total. The summed E-state index contributed by atoms with van der Waals surface area (Å²) in [5.41, 5.74) is 2.44. The number of nitro groups is 1. The highest BCUT2D eigenvalue weighted by Crippen LogP contribution is 2.25. The summed E-state index contributed by atoms with van der Waals surface area (Å²) in [6.45, 7) is 4.57. The lowest BCUT2D eigenvalue weighted by atomic mass is 10.2. The summed E-state index contributed by atoms with van der Waals surface area (Å²) in [5, 5.41) is 20.7. The third-order valence-corrected chi connectivity index (χ3v) is 2.89. The molecule has 0 radical (unpaired) electrons. The molecule has 0 saturated heterocycles. The highest BCUT2D eigenvalue weighted by atomic mass is 16.6. The van der Waals surface area contributed by atoms with Crippen LogP contribution in [0.3, 0.4) is 0 Å². The molecule has 0 bridgehead atoms. The van der Waals surface area contributed by atoms with Gasteiger partial charge in [-0.15, -0.1) is 0 Å². The van der Waals surface area contributed by atoms with E-state index in [1.807, 2.05) is 24.5 Å². The Bertz CT molecular complexity index is 716. The van der Waals surface area contributed by atoms with E-state index in [9.17, 15) is 10.1 Å². The monoisotopic (exact) mass is 255 g/mol. The molecule has 1 aromatic heterocycles. The summed E-state index contributed by atoms with van der Waals surface area (Å²) in [6, 6.07) is 6.68. The maximum absolute atomic E-state index is 10.8. The first-order valence-electron chi connectivity index (χ1n) is 5.83. The number of rotatable bonds is 3. The highest BCUT2D eigenvalue weighted by molar-refractivity contribution is 5.88. The zero-order valence-electron chi connectivity index (χ0n) is 10.8. The number of nitrogens with zero attached hydrogens (tertiary/aromatic N) is 3. The van der Waals surface area contributed by atoms with E-state index < -0.39 is 4.92 Å². The van der Waals surface area contributed by atoms with Crippen molar-refractivity contribution in [2.24, 2.45) is 0 Å². The molecule has 0 aliphatic rings. The van der Waals surface area contributed by atoms with Gasteiger partial charge in [0, 0.05) is 30.3 Å². The van der Waals surface area contributed by atoms with Gasteiger partial charge in [-0.05, 0) is 19.9 Å². The number of aromatic nitrogens is 1. The Labute approximate surface area is 110 Å². The first-order valence-corrected chi connectivity index (χ1v) is 5.83. The number of allylic oxidation sites excluding steroid dienone is 2. The minimum atomic E-state index is -0.427. The molecule has 0 amide bonds. The van der Waals surface area contributed by atoms with Gasteiger partial charge in [0.1, 0.15) is 6.07 Å². The predicted molar refractivity (Wildman–Crippen MR) is 72.7 cm³/mol. The van der Waals surface area contributed by atoms with Gasteiger partial charge in [0.05, 0.1) is 16.0 Å². The highest BCUT2D eigenvalue weighted by Gasteiger charge is 2.12. The predicted octanol–water partition coefficient (Wildman–Crippen LogP) is 3.39. The SMILES string of the molecule is CC(C)=CCn1cc(C#N)c2ccc([N+](=O)[O-])cc21. The Balaban J connectivity index is 2.62. The average Bonchev–Trinajstić information content (AvgIpc) is 2.73. The number of hydrogen-bond acceptors (Lipinski definition) is 3. The van der Waals surface area contributed by atoms with E-state index in [0.29, 0.717) is 17.6 Å². The zero-order chi connectivity index (χ0) is 14.0. The largest absolute Gasteiger partial charge is 0.342 e. The number of nitriles is 1. The van der Waals surface area contributed by atoms with Gasteiger partial charge in [-0.25, -0.2) is 0 Å². The van der Waals surface area contributed by atoms with Crippen molar-refractivity contribution >= 4 is 16.6 Å². The van der Waals surface area contributed by atoms with Crippen molar-refractivity contribution < 1.29 is 4.92 Å². The van der Waals surface area contributed by atoms with Crippen molar-refractivity contribution in [3.05, 3.63) is 51.7 Å². The first-order chi connectivity index (χ1) is 9.02. The molecule has 0 N–H and O–H groups in total. The number of nitro benzene ring substituents is 1. The number of fused-ring (bicyclic) bond motifs is 1. The topological polar surface area (TPSA) is 71.9 Å². The van der Waals surface area contributed by atoms with Crippen LogP contribution >= 0.6 is 0 Å². The Morgan fingerprint density at radius 3 is 2.84 bits per heavy atom. The van der Waals surface area contributed by atoms with Crippen LogP contribution in [-0.2, 0) is 6.54 Å². The molecular weight excluding hydrogens is 242 g/mol. The van der Waals surface area contributed by atoms with Crippen LogP contribution in [0.15, 0.2) is 36.0 Å². The van der Waals surface area contributed by atoms with Crippen molar-refractivity contribution in [3.63, 3.8) is 0 Å². The molecule has 2 aromatic rings. The molecule has 19 heavy (non-hydrogen) atoms. The fourth-order valence-corrected chi connectivity index (χ4v) is 1.91. The van der Waals surface area contributed by atoms with Crippen molar-refractivity contribution in [2.75, 3.05) is 0 Å². The van der Waals surface area contributed by atoms with Crippen LogP contribution in [0.4, 0.5) is 5.69 Å². The van der Waals surface area contributed by atoms with Gasteiger partial charge < -0.3 is 4.57 Å². The van der Waals surface area contributed by atoms with Gasteiger partial charge in [-0.2, -0.15) is 5.26 Å². The van der Waals surface area contributed by atoms with Gasteiger partial charge in [0.15, 0.2) is 0 Å². The van der Waals surface area contributed by atoms with E-state index in [-0.39, 0.29) is 5.69 Å². The second-order valence-corrected chi connectivity index (χ2v) is 4.55. The Kier molecular flexibility index (Phi) is 3.34. The molecule has 0 unspecified atom stereocenters. The molecule has 0 aliphatic carbocycles. The maximum Gasteiger partial charge on any atom is 0.271 e. The molecule has 0 atom stereocenters. The van der Waals surface area contributed by atoms with Crippen LogP contribution in [0.1, 0.15) is 19.4 Å². The minimum Gasteiger partial charge on any atom is -0.342 e. The van der Waals surface area contributed by atoms with E-state index in [0.717, 1.165) is 11.0 Å².